The molecule has 2 aromatic rings. The maximum absolute atomic E-state index is 11.9. The number of hydrogen-bond donors (Lipinski definition) is 1. The van der Waals surface area contributed by atoms with Crippen molar-refractivity contribution in [2.75, 3.05) is 46.6 Å². The summed E-state index contributed by atoms with van der Waals surface area (Å²) in [4.78, 5) is 2.35. The third-order valence-corrected chi connectivity index (χ3v) is 4.97. The number of morpholine rings is 1. The molecule has 4 heteroatoms. The molecular weight excluding hydrogens is 314 g/mol. The van der Waals surface area contributed by atoms with E-state index in [1.807, 2.05) is 60.7 Å². The van der Waals surface area contributed by atoms with Gasteiger partial charge in [-0.2, -0.15) is 0 Å². The van der Waals surface area contributed by atoms with Gasteiger partial charge >= 0.3 is 0 Å². The number of rotatable bonds is 7. The van der Waals surface area contributed by atoms with Crippen LogP contribution < -0.4 is 0 Å². The summed E-state index contributed by atoms with van der Waals surface area (Å²) in [6.07, 6.45) is 0. The quantitative estimate of drug-likeness (QED) is 0.840. The second kappa shape index (κ2) is 8.59. The molecule has 0 bridgehead atoms. The van der Waals surface area contributed by atoms with Crippen molar-refractivity contribution in [2.24, 2.45) is 5.92 Å². The van der Waals surface area contributed by atoms with Gasteiger partial charge in [0.15, 0.2) is 0 Å². The topological polar surface area (TPSA) is 41.9 Å². The Hall–Kier alpha value is -1.72. The first-order chi connectivity index (χ1) is 12.2. The molecule has 134 valence electrons. The van der Waals surface area contributed by atoms with Crippen molar-refractivity contribution in [3.8, 4) is 0 Å². The molecule has 0 aliphatic carbocycles. The third-order valence-electron chi connectivity index (χ3n) is 4.97. The Bertz CT molecular complexity index is 587. The molecule has 1 unspecified atom stereocenters. The summed E-state index contributed by atoms with van der Waals surface area (Å²) >= 11 is 0. The number of nitrogens with zero attached hydrogens (tertiary/aromatic N) is 1. The van der Waals surface area contributed by atoms with Crippen LogP contribution in [0.1, 0.15) is 11.1 Å². The number of methoxy groups -OCH3 is 1. The fraction of sp³-hybridized carbons (Fsp3) is 0.429. The van der Waals surface area contributed by atoms with E-state index in [1.165, 1.54) is 0 Å². The van der Waals surface area contributed by atoms with E-state index in [1.54, 1.807) is 7.11 Å². The Morgan fingerprint density at radius 2 is 1.52 bits per heavy atom. The smallest absolute Gasteiger partial charge is 0.121 e. The van der Waals surface area contributed by atoms with E-state index in [2.05, 4.69) is 4.90 Å². The molecule has 1 atom stereocenters. The Morgan fingerprint density at radius 1 is 1.00 bits per heavy atom. The second-order valence-electron chi connectivity index (χ2n) is 6.56. The zero-order chi connectivity index (χ0) is 17.5. The van der Waals surface area contributed by atoms with Crippen LogP contribution in [0.3, 0.4) is 0 Å². The van der Waals surface area contributed by atoms with E-state index in [0.717, 1.165) is 44.0 Å². The van der Waals surface area contributed by atoms with Gasteiger partial charge in [-0.15, -0.1) is 0 Å². The predicted octanol–water partition coefficient (Wildman–Crippen LogP) is 2.52. The minimum absolute atomic E-state index is 0.0830. The van der Waals surface area contributed by atoms with E-state index in [4.69, 9.17) is 9.47 Å². The van der Waals surface area contributed by atoms with Gasteiger partial charge in [-0.05, 0) is 11.1 Å². The van der Waals surface area contributed by atoms with Crippen LogP contribution in [0.15, 0.2) is 60.7 Å². The summed E-state index contributed by atoms with van der Waals surface area (Å²) in [5, 5.41) is 11.9. The van der Waals surface area contributed by atoms with E-state index >= 15 is 0 Å². The second-order valence-corrected chi connectivity index (χ2v) is 6.56. The fourth-order valence-corrected chi connectivity index (χ4v) is 3.62. The molecule has 1 N–H and O–H groups in total. The van der Waals surface area contributed by atoms with Gasteiger partial charge in [-0.3, -0.25) is 4.90 Å². The highest BCUT2D eigenvalue weighted by Crippen LogP contribution is 2.37. The van der Waals surface area contributed by atoms with Crippen molar-refractivity contribution < 1.29 is 14.6 Å². The van der Waals surface area contributed by atoms with Crippen LogP contribution in [0.4, 0.5) is 0 Å². The van der Waals surface area contributed by atoms with Crippen LogP contribution in [0, 0.1) is 5.92 Å². The van der Waals surface area contributed by atoms with E-state index in [9.17, 15) is 5.11 Å². The van der Waals surface area contributed by atoms with Crippen LogP contribution in [0.25, 0.3) is 0 Å². The molecule has 1 heterocycles. The lowest BCUT2D eigenvalue weighted by Crippen LogP contribution is -2.48. The molecule has 0 saturated carbocycles. The molecule has 1 saturated heterocycles. The number of aliphatic hydroxyl groups is 1. The average Bonchev–Trinajstić information content (AvgIpc) is 2.69. The van der Waals surface area contributed by atoms with Crippen molar-refractivity contribution in [1.29, 1.82) is 0 Å². The van der Waals surface area contributed by atoms with Gasteiger partial charge < -0.3 is 14.6 Å². The van der Waals surface area contributed by atoms with Crippen molar-refractivity contribution in [1.82, 2.24) is 4.90 Å². The maximum atomic E-state index is 11.9. The average molecular weight is 341 g/mol. The standard InChI is InChI=1S/C21H27NO3/c1-24-17-20(16-22-12-14-25-15-13-22)21(23,18-8-4-2-5-9-18)19-10-6-3-7-11-19/h2-11,20,23H,12-17H2,1H3. The van der Waals surface area contributed by atoms with Gasteiger partial charge in [0.05, 0.1) is 19.8 Å². The first-order valence-corrected chi connectivity index (χ1v) is 8.87. The molecule has 4 nitrogen and oxygen atoms in total. The molecular formula is C21H27NO3. The Morgan fingerprint density at radius 3 is 2.00 bits per heavy atom. The van der Waals surface area contributed by atoms with Gasteiger partial charge in [0.1, 0.15) is 5.60 Å². The summed E-state index contributed by atoms with van der Waals surface area (Å²) in [5.74, 6) is -0.0830. The van der Waals surface area contributed by atoms with Crippen LogP contribution in [0.2, 0.25) is 0 Å². The van der Waals surface area contributed by atoms with Crippen molar-refractivity contribution in [3.05, 3.63) is 71.8 Å². The third kappa shape index (κ3) is 4.10. The summed E-state index contributed by atoms with van der Waals surface area (Å²) in [6, 6.07) is 19.8. The molecule has 0 amide bonds. The van der Waals surface area contributed by atoms with E-state index in [0.29, 0.717) is 6.61 Å². The van der Waals surface area contributed by atoms with Gasteiger partial charge in [0.25, 0.3) is 0 Å². The molecule has 3 rings (SSSR count). The monoisotopic (exact) mass is 341 g/mol. The number of benzene rings is 2. The molecule has 1 aliphatic heterocycles. The predicted molar refractivity (Wildman–Crippen MR) is 98.5 cm³/mol. The lowest BCUT2D eigenvalue weighted by Gasteiger charge is -2.40. The summed E-state index contributed by atoms with van der Waals surface area (Å²) in [6.45, 7) is 4.51. The Kier molecular flexibility index (Phi) is 6.21. The molecule has 0 spiro atoms. The first kappa shape index (κ1) is 18.1. The summed E-state index contributed by atoms with van der Waals surface area (Å²) in [7, 11) is 1.70. The largest absolute Gasteiger partial charge is 0.384 e. The summed E-state index contributed by atoms with van der Waals surface area (Å²) in [5.41, 5.74) is 0.699. The van der Waals surface area contributed by atoms with Crippen LogP contribution in [0.5, 0.6) is 0 Å². The van der Waals surface area contributed by atoms with Gasteiger partial charge in [-0.1, -0.05) is 60.7 Å². The Balaban J connectivity index is 1.98. The molecule has 1 aliphatic rings. The van der Waals surface area contributed by atoms with Crippen molar-refractivity contribution in [3.63, 3.8) is 0 Å². The van der Waals surface area contributed by atoms with Gasteiger partial charge in [0, 0.05) is 32.7 Å². The minimum atomic E-state index is -1.10. The number of hydrogen-bond acceptors (Lipinski definition) is 4. The van der Waals surface area contributed by atoms with Crippen molar-refractivity contribution in [2.45, 2.75) is 5.60 Å². The first-order valence-electron chi connectivity index (χ1n) is 8.87. The minimum Gasteiger partial charge on any atom is -0.384 e. The van der Waals surface area contributed by atoms with Gasteiger partial charge in [-0.25, -0.2) is 0 Å². The SMILES string of the molecule is COCC(CN1CCOCC1)C(O)(c1ccccc1)c1ccccc1. The molecule has 0 radical (unpaired) electrons. The molecule has 2 aromatic carbocycles. The van der Waals surface area contributed by atoms with E-state index < -0.39 is 5.60 Å². The van der Waals surface area contributed by atoms with Crippen LogP contribution in [-0.4, -0.2) is 56.6 Å². The molecule has 0 aromatic heterocycles. The number of ether oxygens (including phenoxy) is 2. The zero-order valence-electron chi connectivity index (χ0n) is 14.8. The van der Waals surface area contributed by atoms with Crippen LogP contribution in [-0.2, 0) is 15.1 Å². The fourth-order valence-electron chi connectivity index (χ4n) is 3.62. The zero-order valence-corrected chi connectivity index (χ0v) is 14.8. The molecule has 25 heavy (non-hydrogen) atoms. The highest BCUT2D eigenvalue weighted by molar-refractivity contribution is 5.37. The lowest BCUT2D eigenvalue weighted by molar-refractivity contribution is -0.0491. The lowest BCUT2D eigenvalue weighted by atomic mass is 9.76. The summed E-state index contributed by atoms with van der Waals surface area (Å²) < 4.78 is 11.0. The van der Waals surface area contributed by atoms with Crippen molar-refractivity contribution >= 4 is 0 Å². The Labute approximate surface area is 150 Å². The molecule has 1 fully saturated rings. The highest BCUT2D eigenvalue weighted by atomic mass is 16.5. The maximum Gasteiger partial charge on any atom is 0.121 e. The normalized spacial score (nSPS) is 17.4. The highest BCUT2D eigenvalue weighted by Gasteiger charge is 2.41. The van der Waals surface area contributed by atoms with E-state index in [-0.39, 0.29) is 5.92 Å². The van der Waals surface area contributed by atoms with Gasteiger partial charge in [0.2, 0.25) is 0 Å². The van der Waals surface area contributed by atoms with Crippen LogP contribution >= 0.6 is 0 Å².